The first-order valence-corrected chi connectivity index (χ1v) is 9.75. The smallest absolute Gasteiger partial charge is 0.228 e. The summed E-state index contributed by atoms with van der Waals surface area (Å²) in [6, 6.07) is 23.0. The van der Waals surface area contributed by atoms with E-state index in [0.29, 0.717) is 0 Å². The molecule has 0 aromatic heterocycles. The number of carbonyl (C=O) groups excluding carboxylic acids is 1. The number of nitrogens with one attached hydrogen (secondary N) is 1. The van der Waals surface area contributed by atoms with Gasteiger partial charge in [-0.3, -0.25) is 9.69 Å². The van der Waals surface area contributed by atoms with Crippen molar-refractivity contribution in [2.45, 2.75) is 26.3 Å². The standard InChI is InChI=1S/C24H26N2O/c1-18-6-4-7-19(14-18)16-26-13-5-10-22(17-26)24(27)25-23-12-11-20-8-2-3-9-21(20)15-23/h2-4,6-9,11-12,14-15,22H,5,10,13,16-17H2,1H3,(H,25,27). The summed E-state index contributed by atoms with van der Waals surface area (Å²) in [5.74, 6) is 0.189. The normalized spacial score (nSPS) is 17.7. The fourth-order valence-corrected chi connectivity index (χ4v) is 3.99. The number of anilines is 1. The number of piperidine rings is 1. The molecule has 3 aromatic rings. The molecule has 1 heterocycles. The van der Waals surface area contributed by atoms with Crippen LogP contribution in [0, 0.1) is 12.8 Å². The molecular weight excluding hydrogens is 332 g/mol. The SMILES string of the molecule is Cc1cccc(CN2CCCC(C(=O)Nc3ccc4ccccc4c3)C2)c1. The summed E-state index contributed by atoms with van der Waals surface area (Å²) in [6.45, 7) is 4.93. The Morgan fingerprint density at radius 3 is 2.74 bits per heavy atom. The lowest BCUT2D eigenvalue weighted by Gasteiger charge is -2.32. The summed E-state index contributed by atoms with van der Waals surface area (Å²) >= 11 is 0. The zero-order chi connectivity index (χ0) is 18.6. The van der Waals surface area contributed by atoms with Crippen molar-refractivity contribution in [1.82, 2.24) is 4.90 Å². The maximum Gasteiger partial charge on any atom is 0.228 e. The molecule has 0 spiro atoms. The lowest BCUT2D eigenvalue weighted by molar-refractivity contribution is -0.121. The predicted octanol–water partition coefficient (Wildman–Crippen LogP) is 5.00. The van der Waals surface area contributed by atoms with Gasteiger partial charge in [0, 0.05) is 18.8 Å². The van der Waals surface area contributed by atoms with E-state index in [-0.39, 0.29) is 11.8 Å². The van der Waals surface area contributed by atoms with Gasteiger partial charge in [-0.25, -0.2) is 0 Å². The van der Waals surface area contributed by atoms with Crippen LogP contribution in [-0.2, 0) is 11.3 Å². The minimum Gasteiger partial charge on any atom is -0.326 e. The highest BCUT2D eigenvalue weighted by molar-refractivity contribution is 5.95. The first-order valence-electron chi connectivity index (χ1n) is 9.75. The Morgan fingerprint density at radius 1 is 1.04 bits per heavy atom. The van der Waals surface area contributed by atoms with Crippen molar-refractivity contribution < 1.29 is 4.79 Å². The van der Waals surface area contributed by atoms with Crippen LogP contribution in [0.4, 0.5) is 5.69 Å². The largest absolute Gasteiger partial charge is 0.326 e. The molecule has 1 saturated heterocycles. The van der Waals surface area contributed by atoms with Gasteiger partial charge in [0.15, 0.2) is 0 Å². The molecule has 1 aliphatic rings. The van der Waals surface area contributed by atoms with Crippen LogP contribution in [0.25, 0.3) is 10.8 Å². The molecule has 0 saturated carbocycles. The van der Waals surface area contributed by atoms with E-state index in [4.69, 9.17) is 0 Å². The molecule has 138 valence electrons. The first-order chi connectivity index (χ1) is 13.2. The molecule has 1 aliphatic heterocycles. The van der Waals surface area contributed by atoms with Crippen LogP contribution >= 0.6 is 0 Å². The monoisotopic (exact) mass is 358 g/mol. The Bertz CT molecular complexity index is 950. The number of likely N-dealkylation sites (tertiary alicyclic amines) is 1. The van der Waals surface area contributed by atoms with Gasteiger partial charge in [0.2, 0.25) is 5.91 Å². The number of nitrogens with zero attached hydrogens (tertiary/aromatic N) is 1. The maximum absolute atomic E-state index is 12.8. The summed E-state index contributed by atoms with van der Waals surface area (Å²) in [5.41, 5.74) is 3.50. The van der Waals surface area contributed by atoms with E-state index < -0.39 is 0 Å². The number of rotatable bonds is 4. The second-order valence-corrected chi connectivity index (χ2v) is 7.61. The fraction of sp³-hybridized carbons (Fsp3) is 0.292. The van der Waals surface area contributed by atoms with Crippen molar-refractivity contribution in [3.05, 3.63) is 77.9 Å². The van der Waals surface area contributed by atoms with Gasteiger partial charge in [0.05, 0.1) is 5.92 Å². The molecule has 0 radical (unpaired) electrons. The van der Waals surface area contributed by atoms with E-state index in [0.717, 1.165) is 43.5 Å². The Morgan fingerprint density at radius 2 is 1.89 bits per heavy atom. The third kappa shape index (κ3) is 4.37. The average molecular weight is 358 g/mol. The van der Waals surface area contributed by atoms with Crippen LogP contribution in [0.2, 0.25) is 0 Å². The molecule has 0 aliphatic carbocycles. The molecule has 1 atom stereocenters. The summed E-state index contributed by atoms with van der Waals surface area (Å²) in [7, 11) is 0. The predicted molar refractivity (Wildman–Crippen MR) is 112 cm³/mol. The van der Waals surface area contributed by atoms with E-state index in [9.17, 15) is 4.79 Å². The average Bonchev–Trinajstić information content (AvgIpc) is 2.68. The van der Waals surface area contributed by atoms with Crippen molar-refractivity contribution in [2.75, 3.05) is 18.4 Å². The van der Waals surface area contributed by atoms with Crippen molar-refractivity contribution in [2.24, 2.45) is 5.92 Å². The summed E-state index contributed by atoms with van der Waals surface area (Å²) in [6.07, 6.45) is 2.03. The topological polar surface area (TPSA) is 32.3 Å². The van der Waals surface area contributed by atoms with E-state index in [1.54, 1.807) is 0 Å². The highest BCUT2D eigenvalue weighted by Gasteiger charge is 2.25. The van der Waals surface area contributed by atoms with E-state index >= 15 is 0 Å². The first kappa shape index (κ1) is 17.7. The zero-order valence-corrected chi connectivity index (χ0v) is 15.8. The number of aryl methyl sites for hydroxylation is 1. The minimum absolute atomic E-state index is 0.0510. The lowest BCUT2D eigenvalue weighted by atomic mass is 9.96. The fourth-order valence-electron chi connectivity index (χ4n) is 3.99. The number of carbonyl (C=O) groups is 1. The Balaban J connectivity index is 1.40. The highest BCUT2D eigenvalue weighted by atomic mass is 16.1. The summed E-state index contributed by atoms with van der Waals surface area (Å²) < 4.78 is 0. The highest BCUT2D eigenvalue weighted by Crippen LogP contribution is 2.23. The van der Waals surface area contributed by atoms with Crippen LogP contribution in [0.15, 0.2) is 66.7 Å². The Labute approximate surface area is 161 Å². The van der Waals surface area contributed by atoms with Gasteiger partial charge >= 0.3 is 0 Å². The van der Waals surface area contributed by atoms with Gasteiger partial charge in [-0.2, -0.15) is 0 Å². The number of amides is 1. The Kier molecular flexibility index (Phi) is 5.21. The van der Waals surface area contributed by atoms with Crippen LogP contribution in [-0.4, -0.2) is 23.9 Å². The minimum atomic E-state index is 0.0510. The third-order valence-corrected chi connectivity index (χ3v) is 5.38. The van der Waals surface area contributed by atoms with Crippen LogP contribution in [0.3, 0.4) is 0 Å². The number of benzene rings is 3. The van der Waals surface area contributed by atoms with E-state index in [2.05, 4.69) is 65.7 Å². The molecule has 3 heteroatoms. The number of hydrogen-bond acceptors (Lipinski definition) is 2. The quantitative estimate of drug-likeness (QED) is 0.712. The molecule has 1 unspecified atom stereocenters. The molecule has 3 aromatic carbocycles. The zero-order valence-electron chi connectivity index (χ0n) is 15.8. The molecule has 27 heavy (non-hydrogen) atoms. The maximum atomic E-state index is 12.8. The second kappa shape index (κ2) is 7.93. The summed E-state index contributed by atoms with van der Waals surface area (Å²) in [4.78, 5) is 15.2. The van der Waals surface area contributed by atoms with Crippen molar-refractivity contribution in [1.29, 1.82) is 0 Å². The number of fused-ring (bicyclic) bond motifs is 1. The lowest BCUT2D eigenvalue weighted by Crippen LogP contribution is -2.40. The van der Waals surface area contributed by atoms with Crippen LogP contribution < -0.4 is 5.32 Å². The molecule has 1 amide bonds. The van der Waals surface area contributed by atoms with Crippen LogP contribution in [0.5, 0.6) is 0 Å². The second-order valence-electron chi connectivity index (χ2n) is 7.61. The molecule has 3 nitrogen and oxygen atoms in total. The van der Waals surface area contributed by atoms with E-state index in [1.807, 2.05) is 18.2 Å². The summed E-state index contributed by atoms with van der Waals surface area (Å²) in [5, 5.41) is 5.48. The molecular formula is C24H26N2O. The number of hydrogen-bond donors (Lipinski definition) is 1. The molecule has 0 bridgehead atoms. The van der Waals surface area contributed by atoms with Crippen LogP contribution in [0.1, 0.15) is 24.0 Å². The van der Waals surface area contributed by atoms with Gasteiger partial charge in [-0.1, -0.05) is 60.2 Å². The molecule has 1 fully saturated rings. The van der Waals surface area contributed by atoms with Gasteiger partial charge in [0.25, 0.3) is 0 Å². The van der Waals surface area contributed by atoms with Crippen molar-refractivity contribution in [3.63, 3.8) is 0 Å². The van der Waals surface area contributed by atoms with Gasteiger partial charge in [0.1, 0.15) is 0 Å². The van der Waals surface area contributed by atoms with Gasteiger partial charge < -0.3 is 5.32 Å². The third-order valence-electron chi connectivity index (χ3n) is 5.38. The van der Waals surface area contributed by atoms with Crippen molar-refractivity contribution >= 4 is 22.4 Å². The van der Waals surface area contributed by atoms with Gasteiger partial charge in [-0.05, 0) is 54.8 Å². The molecule has 1 N–H and O–H groups in total. The van der Waals surface area contributed by atoms with E-state index in [1.165, 1.54) is 16.5 Å². The molecule has 4 rings (SSSR count). The Hall–Kier alpha value is -2.65. The van der Waals surface area contributed by atoms with Crippen molar-refractivity contribution in [3.8, 4) is 0 Å². The van der Waals surface area contributed by atoms with Gasteiger partial charge in [-0.15, -0.1) is 0 Å².